The highest BCUT2D eigenvalue weighted by atomic mass is 32.1. The lowest BCUT2D eigenvalue weighted by atomic mass is 10.0. The summed E-state index contributed by atoms with van der Waals surface area (Å²) in [4.78, 5) is 23.5. The summed E-state index contributed by atoms with van der Waals surface area (Å²) in [5, 5.41) is 8.85. The van der Waals surface area contributed by atoms with Gasteiger partial charge in [0.05, 0.1) is 0 Å². The predicted octanol–water partition coefficient (Wildman–Crippen LogP) is 3.82. The quantitative estimate of drug-likeness (QED) is 0.684. The molecule has 0 aliphatic heterocycles. The van der Waals surface area contributed by atoms with E-state index in [0.29, 0.717) is 23.9 Å². The van der Waals surface area contributed by atoms with Gasteiger partial charge in [0.1, 0.15) is 0 Å². The Labute approximate surface area is 148 Å². The molecule has 0 radical (unpaired) electrons. The van der Waals surface area contributed by atoms with Crippen molar-refractivity contribution >= 4 is 40.5 Å². The van der Waals surface area contributed by atoms with Crippen LogP contribution in [-0.4, -0.2) is 16.9 Å². The second-order valence-corrected chi connectivity index (χ2v) is 6.64. The average Bonchev–Trinajstić information content (AvgIpc) is 3.02. The maximum atomic E-state index is 12.0. The van der Waals surface area contributed by atoms with Gasteiger partial charge in [-0.1, -0.05) is 19.8 Å². The van der Waals surface area contributed by atoms with Gasteiger partial charge in [0.2, 0.25) is 11.8 Å². The first-order valence-corrected chi connectivity index (χ1v) is 8.98. The lowest BCUT2D eigenvalue weighted by molar-refractivity contribution is -0.120. The molecule has 0 heterocycles. The van der Waals surface area contributed by atoms with E-state index in [4.69, 9.17) is 12.2 Å². The number of carbonyl (C=O) groups is 2. The van der Waals surface area contributed by atoms with Crippen LogP contribution in [0.25, 0.3) is 0 Å². The third-order valence-electron chi connectivity index (χ3n) is 4.11. The highest BCUT2D eigenvalue weighted by Gasteiger charge is 2.18. The summed E-state index contributed by atoms with van der Waals surface area (Å²) in [6.07, 6.45) is 6.60. The number of nitrogens with one attached hydrogen (secondary N) is 3. The van der Waals surface area contributed by atoms with Crippen molar-refractivity contribution in [3.63, 3.8) is 0 Å². The zero-order valence-electron chi connectivity index (χ0n) is 14.1. The second kappa shape index (κ2) is 9.37. The van der Waals surface area contributed by atoms with Crippen LogP contribution >= 0.6 is 12.2 Å². The average molecular weight is 347 g/mol. The van der Waals surface area contributed by atoms with E-state index in [1.54, 1.807) is 12.1 Å². The number of carbonyl (C=O) groups excluding carboxylic acids is 2. The van der Waals surface area contributed by atoms with Gasteiger partial charge in [0.25, 0.3) is 0 Å². The van der Waals surface area contributed by atoms with Crippen molar-refractivity contribution in [1.82, 2.24) is 5.32 Å². The Hall–Kier alpha value is -1.95. The minimum absolute atomic E-state index is 0.00732. The molecule has 1 aliphatic carbocycles. The van der Waals surface area contributed by atoms with Crippen molar-refractivity contribution in [3.05, 3.63) is 24.3 Å². The minimum atomic E-state index is -0.0251. The smallest absolute Gasteiger partial charge is 0.226 e. The molecule has 3 N–H and O–H groups in total. The molecule has 24 heavy (non-hydrogen) atoms. The van der Waals surface area contributed by atoms with E-state index < -0.39 is 0 Å². The molecule has 5 nitrogen and oxygen atoms in total. The summed E-state index contributed by atoms with van der Waals surface area (Å²) < 4.78 is 0. The number of anilines is 2. The molecule has 1 aliphatic rings. The van der Waals surface area contributed by atoms with E-state index >= 15 is 0 Å². The number of hydrogen-bond donors (Lipinski definition) is 3. The summed E-state index contributed by atoms with van der Waals surface area (Å²) >= 11 is 5.18. The molecule has 0 aromatic heterocycles. The number of benzene rings is 1. The van der Waals surface area contributed by atoms with E-state index in [-0.39, 0.29) is 11.8 Å². The fourth-order valence-electron chi connectivity index (χ4n) is 2.90. The molecule has 1 fully saturated rings. The van der Waals surface area contributed by atoms with Crippen molar-refractivity contribution in [2.75, 3.05) is 10.6 Å². The predicted molar refractivity (Wildman–Crippen MR) is 101 cm³/mol. The number of thiocarbonyl (C=S) groups is 1. The first-order chi connectivity index (χ1) is 11.6. The van der Waals surface area contributed by atoms with Crippen molar-refractivity contribution in [2.45, 2.75) is 51.9 Å². The SMILES string of the molecule is CCCC(=O)Nc1ccc(NC(=S)NC(=O)CC2CCCC2)cc1. The minimum Gasteiger partial charge on any atom is -0.332 e. The van der Waals surface area contributed by atoms with E-state index in [1.807, 2.05) is 19.1 Å². The Morgan fingerprint density at radius 2 is 1.62 bits per heavy atom. The van der Waals surface area contributed by atoms with E-state index in [1.165, 1.54) is 12.8 Å². The van der Waals surface area contributed by atoms with Crippen molar-refractivity contribution in [1.29, 1.82) is 0 Å². The van der Waals surface area contributed by atoms with Gasteiger partial charge in [-0.2, -0.15) is 0 Å². The number of amides is 2. The zero-order valence-corrected chi connectivity index (χ0v) is 14.9. The van der Waals surface area contributed by atoms with E-state index in [9.17, 15) is 9.59 Å². The number of rotatable bonds is 6. The summed E-state index contributed by atoms with van der Waals surface area (Å²) in [6, 6.07) is 7.24. The third kappa shape index (κ3) is 6.28. The Morgan fingerprint density at radius 3 is 2.21 bits per heavy atom. The van der Waals surface area contributed by atoms with E-state index in [2.05, 4.69) is 16.0 Å². The molecule has 0 bridgehead atoms. The molecule has 130 valence electrons. The van der Waals surface area contributed by atoms with Crippen molar-refractivity contribution in [2.24, 2.45) is 5.92 Å². The lowest BCUT2D eigenvalue weighted by Crippen LogP contribution is -2.34. The van der Waals surface area contributed by atoms with Gasteiger partial charge in [-0.15, -0.1) is 0 Å². The fraction of sp³-hybridized carbons (Fsp3) is 0.500. The van der Waals surface area contributed by atoms with Gasteiger partial charge in [0, 0.05) is 24.2 Å². The van der Waals surface area contributed by atoms with Crippen LogP contribution in [0.1, 0.15) is 51.9 Å². The normalized spacial score (nSPS) is 14.2. The summed E-state index contributed by atoms with van der Waals surface area (Å²) in [5.74, 6) is 0.481. The summed E-state index contributed by atoms with van der Waals surface area (Å²) in [7, 11) is 0. The van der Waals surface area contributed by atoms with Crippen LogP contribution in [0.4, 0.5) is 11.4 Å². The Morgan fingerprint density at radius 1 is 1.04 bits per heavy atom. The molecule has 1 aromatic rings. The molecular weight excluding hydrogens is 322 g/mol. The molecule has 0 atom stereocenters. The van der Waals surface area contributed by atoms with Crippen LogP contribution in [0.2, 0.25) is 0 Å². The Balaban J connectivity index is 1.76. The molecule has 0 unspecified atom stereocenters. The van der Waals surface area contributed by atoms with Gasteiger partial charge in [-0.05, 0) is 61.7 Å². The Kier molecular flexibility index (Phi) is 7.18. The Bertz CT molecular complexity index is 580. The summed E-state index contributed by atoms with van der Waals surface area (Å²) in [6.45, 7) is 1.97. The molecule has 2 amide bonds. The van der Waals surface area contributed by atoms with Crippen LogP contribution < -0.4 is 16.0 Å². The zero-order chi connectivity index (χ0) is 17.4. The van der Waals surface area contributed by atoms with Gasteiger partial charge < -0.3 is 16.0 Å². The number of hydrogen-bond acceptors (Lipinski definition) is 3. The first-order valence-electron chi connectivity index (χ1n) is 8.57. The largest absolute Gasteiger partial charge is 0.332 e. The maximum Gasteiger partial charge on any atom is 0.226 e. The van der Waals surface area contributed by atoms with E-state index in [0.717, 1.165) is 30.6 Å². The van der Waals surface area contributed by atoms with Gasteiger partial charge in [-0.3, -0.25) is 9.59 Å². The highest BCUT2D eigenvalue weighted by Crippen LogP contribution is 2.27. The maximum absolute atomic E-state index is 12.0. The standard InChI is InChI=1S/C18H25N3O2S/c1-2-5-16(22)19-14-8-10-15(11-9-14)20-18(24)21-17(23)12-13-6-3-4-7-13/h8-11,13H,2-7,12H2,1H3,(H,19,22)(H2,20,21,23,24). The van der Waals surface area contributed by atoms with Crippen LogP contribution in [0.15, 0.2) is 24.3 Å². The van der Waals surface area contributed by atoms with Crippen LogP contribution in [-0.2, 0) is 9.59 Å². The summed E-state index contributed by atoms with van der Waals surface area (Å²) in [5.41, 5.74) is 1.52. The van der Waals surface area contributed by atoms with Crippen LogP contribution in [0.5, 0.6) is 0 Å². The van der Waals surface area contributed by atoms with Crippen molar-refractivity contribution < 1.29 is 9.59 Å². The van der Waals surface area contributed by atoms with Crippen molar-refractivity contribution in [3.8, 4) is 0 Å². The molecule has 1 saturated carbocycles. The van der Waals surface area contributed by atoms with Gasteiger partial charge in [-0.25, -0.2) is 0 Å². The highest BCUT2D eigenvalue weighted by molar-refractivity contribution is 7.80. The molecular formula is C18H25N3O2S. The molecule has 2 rings (SSSR count). The molecule has 1 aromatic carbocycles. The topological polar surface area (TPSA) is 70.2 Å². The first kappa shape index (κ1) is 18.4. The monoisotopic (exact) mass is 347 g/mol. The molecule has 6 heteroatoms. The van der Waals surface area contributed by atoms with Gasteiger partial charge >= 0.3 is 0 Å². The molecule has 0 spiro atoms. The molecule has 0 saturated heterocycles. The lowest BCUT2D eigenvalue weighted by Gasteiger charge is -2.12. The van der Waals surface area contributed by atoms with Crippen LogP contribution in [0, 0.1) is 5.92 Å². The second-order valence-electron chi connectivity index (χ2n) is 6.23. The van der Waals surface area contributed by atoms with Crippen LogP contribution in [0.3, 0.4) is 0 Å². The van der Waals surface area contributed by atoms with Gasteiger partial charge in [0.15, 0.2) is 5.11 Å². The fourth-order valence-corrected chi connectivity index (χ4v) is 3.14. The third-order valence-corrected chi connectivity index (χ3v) is 4.31.